The summed E-state index contributed by atoms with van der Waals surface area (Å²) >= 11 is 0. The van der Waals surface area contributed by atoms with Crippen molar-refractivity contribution in [1.29, 1.82) is 0 Å². The number of carbonyl (C=O) groups excluding carboxylic acids is 1. The fourth-order valence-electron chi connectivity index (χ4n) is 2.99. The highest BCUT2D eigenvalue weighted by atomic mass is 16.5. The van der Waals surface area contributed by atoms with Crippen molar-refractivity contribution in [3.8, 4) is 22.8 Å². The molecule has 1 fully saturated rings. The highest BCUT2D eigenvalue weighted by Crippen LogP contribution is 2.25. The van der Waals surface area contributed by atoms with Gasteiger partial charge in [0.2, 0.25) is 5.88 Å². The summed E-state index contributed by atoms with van der Waals surface area (Å²) in [6.07, 6.45) is 5.29. The number of nitrogens with zero attached hydrogens (tertiary/aromatic N) is 6. The van der Waals surface area contributed by atoms with Crippen LogP contribution in [0.25, 0.3) is 16.9 Å². The number of pyridine rings is 1. The summed E-state index contributed by atoms with van der Waals surface area (Å²) in [7, 11) is 3.41. The number of aryl methyl sites for hydroxylation is 1. The van der Waals surface area contributed by atoms with Crippen LogP contribution >= 0.6 is 0 Å². The van der Waals surface area contributed by atoms with Gasteiger partial charge >= 0.3 is 0 Å². The van der Waals surface area contributed by atoms with E-state index in [-0.39, 0.29) is 5.91 Å². The first-order chi connectivity index (χ1) is 13.2. The van der Waals surface area contributed by atoms with Crippen LogP contribution in [0.5, 0.6) is 5.88 Å². The maximum atomic E-state index is 12.9. The molecule has 0 N–H and O–H groups in total. The normalized spacial score (nSPS) is 14.4. The maximum absolute atomic E-state index is 12.9. The fourth-order valence-corrected chi connectivity index (χ4v) is 2.99. The van der Waals surface area contributed by atoms with E-state index in [1.165, 1.54) is 0 Å². The molecule has 1 aliphatic rings. The van der Waals surface area contributed by atoms with Crippen LogP contribution in [0.1, 0.15) is 10.5 Å². The van der Waals surface area contributed by atoms with E-state index in [2.05, 4.69) is 15.2 Å². The van der Waals surface area contributed by atoms with Crippen LogP contribution in [0.15, 0.2) is 36.8 Å². The van der Waals surface area contributed by atoms with Gasteiger partial charge in [0, 0.05) is 38.0 Å². The summed E-state index contributed by atoms with van der Waals surface area (Å²) in [5.74, 6) is 0.405. The van der Waals surface area contributed by atoms with E-state index in [1.807, 2.05) is 19.3 Å². The van der Waals surface area contributed by atoms with Crippen molar-refractivity contribution in [3.05, 3.63) is 42.5 Å². The van der Waals surface area contributed by atoms with E-state index >= 15 is 0 Å². The minimum atomic E-state index is -0.108. The Balaban J connectivity index is 1.75. The van der Waals surface area contributed by atoms with Gasteiger partial charge in [0.15, 0.2) is 5.69 Å². The lowest BCUT2D eigenvalue weighted by Gasteiger charge is -2.25. The summed E-state index contributed by atoms with van der Waals surface area (Å²) in [6.45, 7) is 2.23. The molecular weight excluding hydrogens is 348 g/mol. The third-order valence-electron chi connectivity index (χ3n) is 4.40. The average molecular weight is 368 g/mol. The highest BCUT2D eigenvalue weighted by molar-refractivity contribution is 5.93. The SMILES string of the molecule is COc1ccc(-n2nc(C(=O)N3CCOCC3)cc2-c2cnn(C)c2)cn1. The van der Waals surface area contributed by atoms with Crippen LogP contribution in [0.2, 0.25) is 0 Å². The Morgan fingerprint density at radius 3 is 2.67 bits per heavy atom. The van der Waals surface area contributed by atoms with Gasteiger partial charge in [0.25, 0.3) is 5.91 Å². The molecule has 0 unspecified atom stereocenters. The predicted molar refractivity (Wildman–Crippen MR) is 96.8 cm³/mol. The molecule has 140 valence electrons. The average Bonchev–Trinajstić information content (AvgIpc) is 3.34. The summed E-state index contributed by atoms with van der Waals surface area (Å²) in [4.78, 5) is 18.9. The first-order valence-electron chi connectivity index (χ1n) is 8.62. The molecule has 0 spiro atoms. The number of methoxy groups -OCH3 is 1. The zero-order valence-corrected chi connectivity index (χ0v) is 15.2. The number of morpholine rings is 1. The molecule has 0 aromatic carbocycles. The van der Waals surface area contributed by atoms with Crippen LogP contribution < -0.4 is 4.74 Å². The van der Waals surface area contributed by atoms with Crippen LogP contribution in [-0.4, -0.2) is 68.8 Å². The number of ether oxygens (including phenoxy) is 2. The van der Waals surface area contributed by atoms with Crippen molar-refractivity contribution in [3.63, 3.8) is 0 Å². The monoisotopic (exact) mass is 368 g/mol. The van der Waals surface area contributed by atoms with Crippen molar-refractivity contribution < 1.29 is 14.3 Å². The van der Waals surface area contributed by atoms with E-state index in [4.69, 9.17) is 9.47 Å². The number of carbonyl (C=O) groups is 1. The van der Waals surface area contributed by atoms with Gasteiger partial charge in [-0.2, -0.15) is 10.2 Å². The number of aromatic nitrogens is 5. The Morgan fingerprint density at radius 1 is 1.22 bits per heavy atom. The molecule has 0 aliphatic carbocycles. The summed E-state index contributed by atoms with van der Waals surface area (Å²) in [5.41, 5.74) is 2.75. The largest absolute Gasteiger partial charge is 0.481 e. The second-order valence-corrected chi connectivity index (χ2v) is 6.19. The van der Waals surface area contributed by atoms with Gasteiger partial charge < -0.3 is 14.4 Å². The Kier molecular flexibility index (Phi) is 4.59. The lowest BCUT2D eigenvalue weighted by atomic mass is 10.2. The van der Waals surface area contributed by atoms with Crippen LogP contribution in [0.4, 0.5) is 0 Å². The highest BCUT2D eigenvalue weighted by Gasteiger charge is 2.23. The zero-order valence-electron chi connectivity index (χ0n) is 15.2. The van der Waals surface area contributed by atoms with Gasteiger partial charge in [-0.15, -0.1) is 0 Å². The van der Waals surface area contributed by atoms with E-state index in [0.717, 1.165) is 16.9 Å². The van der Waals surface area contributed by atoms with Crippen molar-refractivity contribution in [1.82, 2.24) is 29.4 Å². The van der Waals surface area contributed by atoms with Gasteiger partial charge in [-0.05, 0) is 12.1 Å². The molecule has 27 heavy (non-hydrogen) atoms. The lowest BCUT2D eigenvalue weighted by molar-refractivity contribution is 0.0298. The Morgan fingerprint density at radius 2 is 2.04 bits per heavy atom. The molecule has 1 amide bonds. The van der Waals surface area contributed by atoms with Crippen molar-refractivity contribution >= 4 is 5.91 Å². The third-order valence-corrected chi connectivity index (χ3v) is 4.40. The van der Waals surface area contributed by atoms with Gasteiger partial charge in [-0.25, -0.2) is 9.67 Å². The standard InChI is InChI=1S/C18H20N6O3/c1-22-12-13(10-20-22)16-9-15(18(25)23-5-7-27-8-6-23)21-24(16)14-3-4-17(26-2)19-11-14/h3-4,9-12H,5-8H2,1-2H3. The quantitative estimate of drug-likeness (QED) is 0.687. The fraction of sp³-hybridized carbons (Fsp3) is 0.333. The Bertz CT molecular complexity index is 940. The molecular formula is C18H20N6O3. The van der Waals surface area contributed by atoms with Crippen LogP contribution in [-0.2, 0) is 11.8 Å². The number of rotatable bonds is 4. The minimum absolute atomic E-state index is 0.108. The van der Waals surface area contributed by atoms with E-state index < -0.39 is 0 Å². The molecule has 4 heterocycles. The van der Waals surface area contributed by atoms with E-state index in [0.29, 0.717) is 37.9 Å². The van der Waals surface area contributed by atoms with Gasteiger partial charge in [0.1, 0.15) is 0 Å². The molecule has 1 saturated heterocycles. The maximum Gasteiger partial charge on any atom is 0.274 e. The summed E-state index contributed by atoms with van der Waals surface area (Å²) in [5, 5.41) is 8.79. The van der Waals surface area contributed by atoms with Gasteiger partial charge in [-0.1, -0.05) is 0 Å². The second-order valence-electron chi connectivity index (χ2n) is 6.19. The molecule has 9 heteroatoms. The van der Waals surface area contributed by atoms with E-state index in [1.54, 1.807) is 45.9 Å². The van der Waals surface area contributed by atoms with Gasteiger partial charge in [-0.3, -0.25) is 9.48 Å². The molecule has 0 atom stereocenters. The second kappa shape index (κ2) is 7.20. The summed E-state index contributed by atoms with van der Waals surface area (Å²) in [6, 6.07) is 5.40. The molecule has 0 radical (unpaired) electrons. The molecule has 3 aromatic rings. The predicted octanol–water partition coefficient (Wildman–Crippen LogP) is 1.15. The Labute approximate surface area is 156 Å². The van der Waals surface area contributed by atoms with Crippen molar-refractivity contribution in [2.45, 2.75) is 0 Å². The molecule has 1 aliphatic heterocycles. The molecule has 9 nitrogen and oxygen atoms in total. The van der Waals surface area contributed by atoms with E-state index in [9.17, 15) is 4.79 Å². The van der Waals surface area contributed by atoms with Crippen molar-refractivity contribution in [2.75, 3.05) is 33.4 Å². The molecule has 3 aromatic heterocycles. The third kappa shape index (κ3) is 3.41. The molecule has 4 rings (SSSR count). The zero-order chi connectivity index (χ0) is 18.8. The molecule has 0 bridgehead atoms. The first-order valence-corrected chi connectivity index (χ1v) is 8.62. The number of amides is 1. The number of hydrogen-bond acceptors (Lipinski definition) is 6. The van der Waals surface area contributed by atoms with Gasteiger partial charge in [0.05, 0.1) is 44.1 Å². The first kappa shape index (κ1) is 17.2. The van der Waals surface area contributed by atoms with Crippen LogP contribution in [0.3, 0.4) is 0 Å². The van der Waals surface area contributed by atoms with Crippen molar-refractivity contribution in [2.24, 2.45) is 7.05 Å². The topological polar surface area (TPSA) is 87.3 Å². The van der Waals surface area contributed by atoms with Crippen LogP contribution in [0, 0.1) is 0 Å². The minimum Gasteiger partial charge on any atom is -0.481 e. The Hall–Kier alpha value is -3.20. The molecule has 0 saturated carbocycles. The lowest BCUT2D eigenvalue weighted by Crippen LogP contribution is -2.40. The summed E-state index contributed by atoms with van der Waals surface area (Å²) < 4.78 is 13.9. The smallest absolute Gasteiger partial charge is 0.274 e. The number of hydrogen-bond donors (Lipinski definition) is 0.